The van der Waals surface area contributed by atoms with Gasteiger partial charge in [-0.05, 0) is 37.4 Å². The molecule has 1 aliphatic rings. The summed E-state index contributed by atoms with van der Waals surface area (Å²) in [5.41, 5.74) is 1.28. The van der Waals surface area contributed by atoms with Crippen molar-refractivity contribution in [3.8, 4) is 0 Å². The van der Waals surface area contributed by atoms with Crippen LogP contribution in [-0.2, 0) is 11.3 Å². The molecule has 0 amide bonds. The van der Waals surface area contributed by atoms with Gasteiger partial charge in [0.15, 0.2) is 0 Å². The van der Waals surface area contributed by atoms with Crippen LogP contribution < -0.4 is 5.32 Å². The maximum absolute atomic E-state index is 5.46. The van der Waals surface area contributed by atoms with Crippen LogP contribution in [0.4, 0.5) is 5.82 Å². The molecule has 1 fully saturated rings. The van der Waals surface area contributed by atoms with Crippen LogP contribution in [0.25, 0.3) is 0 Å². The van der Waals surface area contributed by atoms with Gasteiger partial charge < -0.3 is 10.1 Å². The summed E-state index contributed by atoms with van der Waals surface area (Å²) in [7, 11) is 1.81. The summed E-state index contributed by atoms with van der Waals surface area (Å²) >= 11 is 0. The number of ether oxygens (including phenoxy) is 1. The van der Waals surface area contributed by atoms with Crippen molar-refractivity contribution < 1.29 is 4.74 Å². The van der Waals surface area contributed by atoms with E-state index in [0.29, 0.717) is 6.10 Å². The molecule has 1 aromatic heterocycles. The first-order valence-electron chi connectivity index (χ1n) is 7.25. The molecule has 1 atom stereocenters. The number of nitrogens with zero attached hydrogens (tertiary/aromatic N) is 2. The summed E-state index contributed by atoms with van der Waals surface area (Å²) in [5.74, 6) is 0.971. The van der Waals surface area contributed by atoms with Gasteiger partial charge in [0.25, 0.3) is 0 Å². The second-order valence-electron chi connectivity index (χ2n) is 5.21. The van der Waals surface area contributed by atoms with Crippen LogP contribution >= 0.6 is 0 Å². The van der Waals surface area contributed by atoms with Gasteiger partial charge in [-0.25, -0.2) is 4.98 Å². The molecule has 0 spiro atoms. The summed E-state index contributed by atoms with van der Waals surface area (Å²) in [6.07, 6.45) is 5.91. The molecule has 4 nitrogen and oxygen atoms in total. The maximum Gasteiger partial charge on any atom is 0.125 e. The Morgan fingerprint density at radius 2 is 2.37 bits per heavy atom. The van der Waals surface area contributed by atoms with Gasteiger partial charge in [0.05, 0.1) is 6.10 Å². The van der Waals surface area contributed by atoms with Gasteiger partial charge in [-0.15, -0.1) is 0 Å². The molecule has 4 heteroatoms. The fourth-order valence-electron chi connectivity index (χ4n) is 2.48. The first-order valence-corrected chi connectivity index (χ1v) is 7.25. The number of likely N-dealkylation sites (tertiary alicyclic amines) is 1. The van der Waals surface area contributed by atoms with Crippen LogP contribution in [0.3, 0.4) is 0 Å². The number of hydrogen-bond donors (Lipinski definition) is 1. The van der Waals surface area contributed by atoms with Gasteiger partial charge in [-0.2, -0.15) is 0 Å². The zero-order valence-corrected chi connectivity index (χ0v) is 12.1. The highest BCUT2D eigenvalue weighted by molar-refractivity contribution is 5.35. The zero-order chi connectivity index (χ0) is 13.5. The van der Waals surface area contributed by atoms with Crippen LogP contribution in [0.1, 0.15) is 31.7 Å². The predicted molar refractivity (Wildman–Crippen MR) is 78.3 cm³/mol. The van der Waals surface area contributed by atoms with Crippen LogP contribution in [0.2, 0.25) is 0 Å². The summed E-state index contributed by atoms with van der Waals surface area (Å²) in [5, 5.41) is 3.30. The molecule has 1 saturated heterocycles. The third-order valence-corrected chi connectivity index (χ3v) is 3.58. The Bertz CT molecular complexity index is 366. The van der Waals surface area contributed by atoms with Gasteiger partial charge in [0, 0.05) is 32.9 Å². The normalized spacial score (nSPS) is 20.4. The van der Waals surface area contributed by atoms with Crippen LogP contribution in [0.15, 0.2) is 18.3 Å². The first-order chi connectivity index (χ1) is 9.31. The zero-order valence-electron chi connectivity index (χ0n) is 12.1. The van der Waals surface area contributed by atoms with Gasteiger partial charge in [0.1, 0.15) is 5.82 Å². The molecule has 1 unspecified atom stereocenters. The summed E-state index contributed by atoms with van der Waals surface area (Å²) in [4.78, 5) is 6.90. The fraction of sp³-hybridized carbons (Fsp3) is 0.667. The van der Waals surface area contributed by atoms with E-state index < -0.39 is 0 Å². The lowest BCUT2D eigenvalue weighted by Crippen LogP contribution is -2.38. The van der Waals surface area contributed by atoms with Crippen molar-refractivity contribution in [2.24, 2.45) is 0 Å². The van der Waals surface area contributed by atoms with Crippen molar-refractivity contribution in [2.75, 3.05) is 32.1 Å². The molecule has 0 bridgehead atoms. The van der Waals surface area contributed by atoms with E-state index in [1.165, 1.54) is 18.4 Å². The van der Waals surface area contributed by atoms with E-state index in [2.05, 4.69) is 34.3 Å². The molecule has 1 aromatic rings. The lowest BCUT2D eigenvalue weighted by molar-refractivity contribution is 0.0285. The van der Waals surface area contributed by atoms with Gasteiger partial charge >= 0.3 is 0 Å². The highest BCUT2D eigenvalue weighted by Crippen LogP contribution is 2.15. The van der Waals surface area contributed by atoms with Crippen LogP contribution in [0.5, 0.6) is 0 Å². The topological polar surface area (TPSA) is 37.4 Å². The van der Waals surface area contributed by atoms with Crippen molar-refractivity contribution in [3.05, 3.63) is 23.9 Å². The molecule has 0 saturated carbocycles. The quantitative estimate of drug-likeness (QED) is 0.856. The van der Waals surface area contributed by atoms with E-state index in [-0.39, 0.29) is 0 Å². The minimum absolute atomic E-state index is 0.396. The number of aromatic nitrogens is 1. The Kier molecular flexibility index (Phi) is 5.61. The number of rotatable bonds is 6. The smallest absolute Gasteiger partial charge is 0.125 e. The average molecular weight is 263 g/mol. The molecule has 0 aromatic carbocycles. The van der Waals surface area contributed by atoms with Crippen molar-refractivity contribution in [1.82, 2.24) is 9.88 Å². The van der Waals surface area contributed by atoms with Gasteiger partial charge in [-0.1, -0.05) is 13.0 Å². The average Bonchev–Trinajstić information content (AvgIpc) is 2.47. The van der Waals surface area contributed by atoms with Crippen molar-refractivity contribution in [2.45, 2.75) is 38.8 Å². The summed E-state index contributed by atoms with van der Waals surface area (Å²) < 4.78 is 5.46. The van der Waals surface area contributed by atoms with Gasteiger partial charge in [-0.3, -0.25) is 4.90 Å². The van der Waals surface area contributed by atoms with Crippen LogP contribution in [-0.4, -0.2) is 42.7 Å². The largest absolute Gasteiger partial charge is 0.380 e. The predicted octanol–water partition coefficient (Wildman–Crippen LogP) is 2.51. The van der Waals surface area contributed by atoms with Crippen molar-refractivity contribution >= 4 is 5.82 Å². The molecule has 0 aliphatic carbocycles. The Labute approximate surface area is 116 Å². The monoisotopic (exact) mass is 263 g/mol. The molecule has 106 valence electrons. The summed E-state index contributed by atoms with van der Waals surface area (Å²) in [6.45, 7) is 6.31. The Morgan fingerprint density at radius 3 is 3.05 bits per heavy atom. The lowest BCUT2D eigenvalue weighted by atomic mass is 10.1. The highest BCUT2D eigenvalue weighted by atomic mass is 16.5. The molecule has 0 radical (unpaired) electrons. The molecule has 2 heterocycles. The Morgan fingerprint density at radius 1 is 1.47 bits per heavy atom. The Hall–Kier alpha value is -1.13. The molecular formula is C15H25N3O. The van der Waals surface area contributed by atoms with E-state index in [1.54, 1.807) is 0 Å². The maximum atomic E-state index is 5.46. The van der Waals surface area contributed by atoms with E-state index in [0.717, 1.165) is 38.4 Å². The molecule has 1 aliphatic heterocycles. The summed E-state index contributed by atoms with van der Waals surface area (Å²) in [6, 6.07) is 4.24. The molecule has 1 N–H and O–H groups in total. The lowest BCUT2D eigenvalue weighted by Gasteiger charge is -2.31. The SMILES string of the molecule is CCCNc1ccc(CN2CCCC(OC)C2)cn1. The number of pyridine rings is 1. The van der Waals surface area contributed by atoms with Crippen molar-refractivity contribution in [1.29, 1.82) is 0 Å². The van der Waals surface area contributed by atoms with E-state index >= 15 is 0 Å². The number of anilines is 1. The van der Waals surface area contributed by atoms with Crippen molar-refractivity contribution in [3.63, 3.8) is 0 Å². The van der Waals surface area contributed by atoms with E-state index in [1.807, 2.05) is 13.3 Å². The number of hydrogen-bond acceptors (Lipinski definition) is 4. The van der Waals surface area contributed by atoms with Gasteiger partial charge in [0.2, 0.25) is 0 Å². The third-order valence-electron chi connectivity index (χ3n) is 3.58. The number of methoxy groups -OCH3 is 1. The van der Waals surface area contributed by atoms with Crippen LogP contribution in [0, 0.1) is 0 Å². The minimum atomic E-state index is 0.396. The fourth-order valence-corrected chi connectivity index (χ4v) is 2.48. The van der Waals surface area contributed by atoms with E-state index in [4.69, 9.17) is 4.74 Å². The Balaban J connectivity index is 1.85. The third kappa shape index (κ3) is 4.48. The number of nitrogens with one attached hydrogen (secondary N) is 1. The second kappa shape index (κ2) is 7.46. The molecular weight excluding hydrogens is 238 g/mol. The number of piperidine rings is 1. The highest BCUT2D eigenvalue weighted by Gasteiger charge is 2.19. The first kappa shape index (κ1) is 14.3. The molecule has 19 heavy (non-hydrogen) atoms. The molecule has 2 rings (SSSR count). The van der Waals surface area contributed by atoms with E-state index in [9.17, 15) is 0 Å². The second-order valence-corrected chi connectivity index (χ2v) is 5.21. The minimum Gasteiger partial charge on any atom is -0.380 e. The standard InChI is InChI=1S/C15H25N3O/c1-3-8-16-15-7-6-13(10-17-15)11-18-9-4-5-14(12-18)19-2/h6-7,10,14H,3-5,8-9,11-12H2,1-2H3,(H,16,17).